The summed E-state index contributed by atoms with van der Waals surface area (Å²) in [6.07, 6.45) is 4.51. The van der Waals surface area contributed by atoms with Crippen molar-refractivity contribution < 1.29 is 0 Å². The van der Waals surface area contributed by atoms with Crippen molar-refractivity contribution in [3.63, 3.8) is 0 Å². The van der Waals surface area contributed by atoms with Crippen molar-refractivity contribution in [1.29, 1.82) is 0 Å². The molecule has 1 aliphatic heterocycles. The van der Waals surface area contributed by atoms with Crippen LogP contribution >= 0.6 is 0 Å². The molecule has 0 fully saturated rings. The summed E-state index contributed by atoms with van der Waals surface area (Å²) in [5.74, 6) is 0. The van der Waals surface area contributed by atoms with E-state index in [1.165, 1.54) is 0 Å². The Morgan fingerprint density at radius 3 is 2.64 bits per heavy atom. The zero-order valence-electron chi connectivity index (χ0n) is 6.07. The van der Waals surface area contributed by atoms with Gasteiger partial charge in [-0.25, -0.2) is 0 Å². The minimum atomic E-state index is 0.831. The van der Waals surface area contributed by atoms with Gasteiger partial charge in [-0.3, -0.25) is 4.98 Å². The maximum Gasteiger partial charge on any atom is 0.139 e. The molecule has 0 spiro atoms. The molecule has 1 aliphatic rings. The lowest BCUT2D eigenvalue weighted by Crippen LogP contribution is -1.92. The van der Waals surface area contributed by atoms with Gasteiger partial charge in [0, 0.05) is 18.8 Å². The molecule has 0 bridgehead atoms. The SMILES string of the molecule is c1cc([C]2CCN=N2)ccn1. The number of pyridine rings is 1. The third kappa shape index (κ3) is 1.27. The van der Waals surface area contributed by atoms with E-state index >= 15 is 0 Å². The van der Waals surface area contributed by atoms with E-state index < -0.39 is 0 Å². The van der Waals surface area contributed by atoms with E-state index in [1.807, 2.05) is 12.1 Å². The van der Waals surface area contributed by atoms with Crippen molar-refractivity contribution in [2.45, 2.75) is 6.42 Å². The van der Waals surface area contributed by atoms with Crippen LogP contribution < -0.4 is 0 Å². The van der Waals surface area contributed by atoms with E-state index in [0.29, 0.717) is 0 Å². The highest BCUT2D eigenvalue weighted by atomic mass is 15.2. The number of hydrogen-bond acceptors (Lipinski definition) is 3. The van der Waals surface area contributed by atoms with Crippen LogP contribution in [0.1, 0.15) is 12.0 Å². The van der Waals surface area contributed by atoms with Gasteiger partial charge in [-0.1, -0.05) is 0 Å². The Kier molecular flexibility index (Phi) is 1.63. The Balaban J connectivity index is 2.23. The predicted octanol–water partition coefficient (Wildman–Crippen LogP) is 1.82. The largest absolute Gasteiger partial charge is 0.265 e. The normalized spacial score (nSPS) is 17.5. The molecule has 0 saturated carbocycles. The van der Waals surface area contributed by atoms with E-state index in [9.17, 15) is 0 Å². The molecule has 2 rings (SSSR count). The molecule has 0 unspecified atom stereocenters. The molecule has 3 heteroatoms. The minimum absolute atomic E-state index is 0.831. The fourth-order valence-electron chi connectivity index (χ4n) is 1.09. The van der Waals surface area contributed by atoms with Crippen LogP contribution in [0.5, 0.6) is 0 Å². The van der Waals surface area contributed by atoms with Gasteiger partial charge in [0.05, 0.1) is 6.54 Å². The fraction of sp³-hybridized carbons (Fsp3) is 0.250. The smallest absolute Gasteiger partial charge is 0.139 e. The maximum absolute atomic E-state index is 4.02. The van der Waals surface area contributed by atoms with Gasteiger partial charge in [0.25, 0.3) is 0 Å². The second-order valence-electron chi connectivity index (χ2n) is 2.40. The van der Waals surface area contributed by atoms with Crippen LogP contribution in [0.25, 0.3) is 0 Å². The summed E-state index contributed by atoms with van der Waals surface area (Å²) in [7, 11) is 0. The van der Waals surface area contributed by atoms with E-state index in [-0.39, 0.29) is 0 Å². The molecule has 1 aromatic heterocycles. The summed E-state index contributed by atoms with van der Waals surface area (Å²) in [5, 5.41) is 7.93. The first-order valence-electron chi connectivity index (χ1n) is 3.60. The molecule has 11 heavy (non-hydrogen) atoms. The van der Waals surface area contributed by atoms with E-state index in [0.717, 1.165) is 24.6 Å². The zero-order chi connectivity index (χ0) is 7.52. The molecule has 0 N–H and O–H groups in total. The highest BCUT2D eigenvalue weighted by Gasteiger charge is 2.14. The second kappa shape index (κ2) is 2.78. The molecule has 1 aromatic rings. The lowest BCUT2D eigenvalue weighted by Gasteiger charge is -2.00. The van der Waals surface area contributed by atoms with Gasteiger partial charge in [0.15, 0.2) is 0 Å². The predicted molar refractivity (Wildman–Crippen MR) is 40.9 cm³/mol. The molecular weight excluding hydrogens is 138 g/mol. The van der Waals surface area contributed by atoms with Gasteiger partial charge in [-0.05, 0) is 17.7 Å². The third-order valence-electron chi connectivity index (χ3n) is 1.65. The Labute approximate surface area is 65.2 Å². The summed E-state index contributed by atoms with van der Waals surface area (Å²) in [5.41, 5.74) is 1.14. The van der Waals surface area contributed by atoms with Gasteiger partial charge in [0.1, 0.15) is 6.04 Å². The van der Waals surface area contributed by atoms with E-state index in [2.05, 4.69) is 15.2 Å². The first-order valence-corrected chi connectivity index (χ1v) is 3.60. The molecule has 0 saturated heterocycles. The summed E-state index contributed by atoms with van der Waals surface area (Å²) < 4.78 is 0. The fourth-order valence-corrected chi connectivity index (χ4v) is 1.09. The van der Waals surface area contributed by atoms with Crippen LogP contribution in [0.15, 0.2) is 34.8 Å². The number of aromatic nitrogens is 1. The minimum Gasteiger partial charge on any atom is -0.265 e. The Morgan fingerprint density at radius 1 is 1.18 bits per heavy atom. The molecule has 55 valence electrons. The van der Waals surface area contributed by atoms with Crippen molar-refractivity contribution in [3.8, 4) is 0 Å². The van der Waals surface area contributed by atoms with Gasteiger partial charge in [-0.2, -0.15) is 10.2 Å². The molecule has 0 atom stereocenters. The summed E-state index contributed by atoms with van der Waals surface area (Å²) in [4.78, 5) is 3.93. The number of nitrogens with zero attached hydrogens (tertiary/aromatic N) is 3. The third-order valence-corrected chi connectivity index (χ3v) is 1.65. The monoisotopic (exact) mass is 146 g/mol. The van der Waals surface area contributed by atoms with Crippen LogP contribution in [-0.4, -0.2) is 11.5 Å². The maximum atomic E-state index is 4.02. The van der Waals surface area contributed by atoms with Crippen LogP contribution in [0, 0.1) is 6.04 Å². The molecule has 3 nitrogen and oxygen atoms in total. The van der Waals surface area contributed by atoms with Crippen molar-refractivity contribution >= 4 is 0 Å². The lowest BCUT2D eigenvalue weighted by atomic mass is 10.1. The van der Waals surface area contributed by atoms with E-state index in [4.69, 9.17) is 0 Å². The topological polar surface area (TPSA) is 37.6 Å². The average molecular weight is 146 g/mol. The first-order chi connectivity index (χ1) is 5.47. The van der Waals surface area contributed by atoms with Gasteiger partial charge in [0.2, 0.25) is 0 Å². The standard InChI is InChI=1S/C8H8N3/c1-4-9-5-2-7(1)8-3-6-10-11-8/h1-2,4-5H,3,6H2. The molecule has 1 radical (unpaired) electrons. The number of azo groups is 1. The quantitative estimate of drug-likeness (QED) is 0.595. The number of hydrogen-bond donors (Lipinski definition) is 0. The molecule has 0 aliphatic carbocycles. The van der Waals surface area contributed by atoms with Crippen LogP contribution in [-0.2, 0) is 0 Å². The Bertz CT molecular complexity index is 255. The Morgan fingerprint density at radius 2 is 2.00 bits per heavy atom. The number of rotatable bonds is 1. The van der Waals surface area contributed by atoms with Crippen molar-refractivity contribution in [1.82, 2.24) is 4.98 Å². The Hall–Kier alpha value is -1.25. The zero-order valence-corrected chi connectivity index (χ0v) is 6.07. The molecule has 0 aromatic carbocycles. The van der Waals surface area contributed by atoms with Crippen LogP contribution in [0.4, 0.5) is 0 Å². The molecular formula is C8H8N3. The van der Waals surface area contributed by atoms with Crippen LogP contribution in [0.2, 0.25) is 0 Å². The van der Waals surface area contributed by atoms with Gasteiger partial charge in [-0.15, -0.1) is 0 Å². The van der Waals surface area contributed by atoms with Crippen molar-refractivity contribution in [2.24, 2.45) is 10.2 Å². The van der Waals surface area contributed by atoms with Crippen molar-refractivity contribution in [2.75, 3.05) is 6.54 Å². The van der Waals surface area contributed by atoms with Gasteiger partial charge >= 0.3 is 0 Å². The summed E-state index contributed by atoms with van der Waals surface area (Å²) >= 11 is 0. The summed E-state index contributed by atoms with van der Waals surface area (Å²) in [6.45, 7) is 0.831. The van der Waals surface area contributed by atoms with Crippen molar-refractivity contribution in [3.05, 3.63) is 36.1 Å². The summed E-state index contributed by atoms with van der Waals surface area (Å²) in [6, 6.07) is 4.99. The first kappa shape index (κ1) is 6.46. The average Bonchev–Trinajstić information content (AvgIpc) is 2.58. The van der Waals surface area contributed by atoms with Gasteiger partial charge < -0.3 is 0 Å². The van der Waals surface area contributed by atoms with E-state index in [1.54, 1.807) is 12.4 Å². The lowest BCUT2D eigenvalue weighted by molar-refractivity contribution is 0.965. The molecule has 2 heterocycles. The second-order valence-corrected chi connectivity index (χ2v) is 2.40. The van der Waals surface area contributed by atoms with Crippen LogP contribution in [0.3, 0.4) is 0 Å². The highest BCUT2D eigenvalue weighted by molar-refractivity contribution is 5.27. The molecule has 0 amide bonds. The highest BCUT2D eigenvalue weighted by Crippen LogP contribution is 2.23.